The number of piperidine rings is 1. The molecule has 150 valence electrons. The molecule has 0 radical (unpaired) electrons. The van der Waals surface area contributed by atoms with Crippen molar-refractivity contribution in [2.75, 3.05) is 19.7 Å². The van der Waals surface area contributed by atoms with Gasteiger partial charge in [0.25, 0.3) is 0 Å². The molecule has 5 heteroatoms. The SMILES string of the molecule is CCOc1cc(CN2CCC(C(=O)N[C@@H](C)c3ccccc3)CC2)ccc1O. The van der Waals surface area contributed by atoms with E-state index in [1.54, 1.807) is 6.07 Å². The van der Waals surface area contributed by atoms with E-state index in [-0.39, 0.29) is 23.6 Å². The number of nitrogens with one attached hydrogen (secondary N) is 1. The summed E-state index contributed by atoms with van der Waals surface area (Å²) in [4.78, 5) is 15.0. The van der Waals surface area contributed by atoms with Crippen molar-refractivity contribution in [1.29, 1.82) is 0 Å². The van der Waals surface area contributed by atoms with Gasteiger partial charge in [0.15, 0.2) is 11.5 Å². The summed E-state index contributed by atoms with van der Waals surface area (Å²) < 4.78 is 5.47. The summed E-state index contributed by atoms with van der Waals surface area (Å²) in [5.41, 5.74) is 2.24. The Bertz CT molecular complexity index is 771. The van der Waals surface area contributed by atoms with Crippen LogP contribution in [0.3, 0.4) is 0 Å². The van der Waals surface area contributed by atoms with Gasteiger partial charge in [-0.2, -0.15) is 0 Å². The minimum Gasteiger partial charge on any atom is -0.504 e. The summed E-state index contributed by atoms with van der Waals surface area (Å²) in [5.74, 6) is 0.929. The number of amides is 1. The predicted octanol–water partition coefficient (Wildman–Crippen LogP) is 3.88. The third kappa shape index (κ3) is 5.26. The molecule has 2 aromatic rings. The van der Waals surface area contributed by atoms with Gasteiger partial charge in [-0.3, -0.25) is 9.69 Å². The zero-order valence-electron chi connectivity index (χ0n) is 16.7. The molecule has 3 rings (SSSR count). The van der Waals surface area contributed by atoms with Crippen LogP contribution in [-0.2, 0) is 11.3 Å². The highest BCUT2D eigenvalue weighted by molar-refractivity contribution is 5.79. The van der Waals surface area contributed by atoms with Crippen LogP contribution in [0.1, 0.15) is 43.9 Å². The number of benzene rings is 2. The monoisotopic (exact) mass is 382 g/mol. The van der Waals surface area contributed by atoms with Gasteiger partial charge in [-0.25, -0.2) is 0 Å². The van der Waals surface area contributed by atoms with E-state index in [0.717, 1.165) is 43.6 Å². The van der Waals surface area contributed by atoms with Crippen LogP contribution in [0.2, 0.25) is 0 Å². The molecular weight excluding hydrogens is 352 g/mol. The first-order valence-corrected chi connectivity index (χ1v) is 10.1. The topological polar surface area (TPSA) is 61.8 Å². The normalized spacial score (nSPS) is 16.5. The van der Waals surface area contributed by atoms with Gasteiger partial charge in [0.05, 0.1) is 12.6 Å². The lowest BCUT2D eigenvalue weighted by atomic mass is 9.95. The Hall–Kier alpha value is -2.53. The van der Waals surface area contributed by atoms with Crippen molar-refractivity contribution < 1.29 is 14.6 Å². The van der Waals surface area contributed by atoms with Gasteiger partial charge in [-0.05, 0) is 63.0 Å². The molecule has 2 N–H and O–H groups in total. The van der Waals surface area contributed by atoms with Crippen LogP contribution in [0.5, 0.6) is 11.5 Å². The molecule has 0 bridgehead atoms. The maximum Gasteiger partial charge on any atom is 0.223 e. The van der Waals surface area contributed by atoms with Crippen molar-refractivity contribution in [2.24, 2.45) is 5.92 Å². The summed E-state index contributed by atoms with van der Waals surface area (Å²) in [6, 6.07) is 15.6. The first-order valence-electron chi connectivity index (χ1n) is 10.1. The fourth-order valence-electron chi connectivity index (χ4n) is 3.70. The van der Waals surface area contributed by atoms with Crippen LogP contribution in [0, 0.1) is 5.92 Å². The number of rotatable bonds is 7. The van der Waals surface area contributed by atoms with Crippen molar-refractivity contribution in [3.05, 3.63) is 59.7 Å². The molecule has 1 atom stereocenters. The highest BCUT2D eigenvalue weighted by Crippen LogP contribution is 2.28. The summed E-state index contributed by atoms with van der Waals surface area (Å²) in [6.07, 6.45) is 1.73. The Balaban J connectivity index is 1.49. The van der Waals surface area contributed by atoms with E-state index in [0.29, 0.717) is 12.4 Å². The number of aromatic hydroxyl groups is 1. The van der Waals surface area contributed by atoms with E-state index in [1.807, 2.05) is 56.3 Å². The summed E-state index contributed by atoms with van der Waals surface area (Å²) in [5, 5.41) is 13.0. The molecule has 0 aliphatic carbocycles. The third-order valence-electron chi connectivity index (χ3n) is 5.35. The molecular formula is C23H30N2O3. The average Bonchev–Trinajstić information content (AvgIpc) is 2.72. The van der Waals surface area contributed by atoms with E-state index < -0.39 is 0 Å². The maximum absolute atomic E-state index is 12.6. The molecule has 1 saturated heterocycles. The number of hydrogen-bond acceptors (Lipinski definition) is 4. The second kappa shape index (κ2) is 9.60. The number of nitrogens with zero attached hydrogens (tertiary/aromatic N) is 1. The number of hydrogen-bond donors (Lipinski definition) is 2. The molecule has 0 aromatic heterocycles. The van der Waals surface area contributed by atoms with Crippen molar-refractivity contribution in [2.45, 2.75) is 39.3 Å². The number of ether oxygens (including phenoxy) is 1. The molecule has 5 nitrogen and oxygen atoms in total. The van der Waals surface area contributed by atoms with Gasteiger partial charge in [0.2, 0.25) is 5.91 Å². The highest BCUT2D eigenvalue weighted by Gasteiger charge is 2.26. The van der Waals surface area contributed by atoms with Crippen LogP contribution in [0.15, 0.2) is 48.5 Å². The van der Waals surface area contributed by atoms with Gasteiger partial charge in [0.1, 0.15) is 0 Å². The lowest BCUT2D eigenvalue weighted by Crippen LogP contribution is -2.40. The van der Waals surface area contributed by atoms with Gasteiger partial charge in [-0.15, -0.1) is 0 Å². The molecule has 28 heavy (non-hydrogen) atoms. The zero-order valence-corrected chi connectivity index (χ0v) is 16.7. The maximum atomic E-state index is 12.6. The minimum absolute atomic E-state index is 0.0284. The van der Waals surface area contributed by atoms with E-state index in [4.69, 9.17) is 4.74 Å². The zero-order chi connectivity index (χ0) is 19.9. The fourth-order valence-corrected chi connectivity index (χ4v) is 3.70. The predicted molar refractivity (Wildman–Crippen MR) is 110 cm³/mol. The van der Waals surface area contributed by atoms with Crippen molar-refractivity contribution in [3.63, 3.8) is 0 Å². The lowest BCUT2D eigenvalue weighted by molar-refractivity contribution is -0.127. The molecule has 1 aliphatic rings. The Morgan fingerprint density at radius 1 is 1.21 bits per heavy atom. The van der Waals surface area contributed by atoms with Crippen molar-refractivity contribution in [1.82, 2.24) is 10.2 Å². The first kappa shape index (κ1) is 20.2. The van der Waals surface area contributed by atoms with Crippen LogP contribution < -0.4 is 10.1 Å². The number of likely N-dealkylation sites (tertiary alicyclic amines) is 1. The summed E-state index contributed by atoms with van der Waals surface area (Å²) >= 11 is 0. The van der Waals surface area contributed by atoms with E-state index >= 15 is 0 Å². The second-order valence-electron chi connectivity index (χ2n) is 7.43. The van der Waals surface area contributed by atoms with Gasteiger partial charge in [-0.1, -0.05) is 36.4 Å². The summed E-state index contributed by atoms with van der Waals surface area (Å²) in [7, 11) is 0. The number of phenolic OH excluding ortho intramolecular Hbond substituents is 1. The van der Waals surface area contributed by atoms with Gasteiger partial charge >= 0.3 is 0 Å². The number of carbonyl (C=O) groups excluding carboxylic acids is 1. The quantitative estimate of drug-likeness (QED) is 0.763. The van der Waals surface area contributed by atoms with Crippen molar-refractivity contribution in [3.8, 4) is 11.5 Å². The Kier molecular flexibility index (Phi) is 6.93. The van der Waals surface area contributed by atoms with Crippen LogP contribution >= 0.6 is 0 Å². The minimum atomic E-state index is 0.0284. The smallest absolute Gasteiger partial charge is 0.223 e. The van der Waals surface area contributed by atoms with E-state index in [2.05, 4.69) is 10.2 Å². The molecule has 0 unspecified atom stereocenters. The Labute approximate surface area is 167 Å². The molecule has 0 spiro atoms. The standard InChI is InChI=1S/C23H30N2O3/c1-3-28-22-15-18(9-10-21(22)26)16-25-13-11-20(12-14-25)23(27)24-17(2)19-7-5-4-6-8-19/h4-10,15,17,20,26H,3,11-14,16H2,1-2H3,(H,24,27)/t17-/m0/s1. The van der Waals surface area contributed by atoms with Crippen LogP contribution in [0.4, 0.5) is 0 Å². The largest absolute Gasteiger partial charge is 0.504 e. The molecule has 1 heterocycles. The molecule has 1 aliphatic heterocycles. The number of phenols is 1. The van der Waals surface area contributed by atoms with Crippen LogP contribution in [0.25, 0.3) is 0 Å². The number of carbonyl (C=O) groups is 1. The van der Waals surface area contributed by atoms with E-state index in [1.165, 1.54) is 0 Å². The molecule has 1 amide bonds. The van der Waals surface area contributed by atoms with Gasteiger partial charge < -0.3 is 15.2 Å². The Morgan fingerprint density at radius 2 is 1.93 bits per heavy atom. The molecule has 2 aromatic carbocycles. The Morgan fingerprint density at radius 3 is 2.61 bits per heavy atom. The summed E-state index contributed by atoms with van der Waals surface area (Å²) in [6.45, 7) is 7.04. The highest BCUT2D eigenvalue weighted by atomic mass is 16.5. The lowest BCUT2D eigenvalue weighted by Gasteiger charge is -2.32. The molecule has 1 fully saturated rings. The average molecular weight is 383 g/mol. The van der Waals surface area contributed by atoms with Crippen LogP contribution in [-0.4, -0.2) is 35.6 Å². The fraction of sp³-hybridized carbons (Fsp3) is 0.435. The molecule has 0 saturated carbocycles. The van der Waals surface area contributed by atoms with E-state index in [9.17, 15) is 9.90 Å². The second-order valence-corrected chi connectivity index (χ2v) is 7.43. The first-order chi connectivity index (χ1) is 13.6. The third-order valence-corrected chi connectivity index (χ3v) is 5.35. The van der Waals surface area contributed by atoms with Gasteiger partial charge in [0, 0.05) is 12.5 Å². The van der Waals surface area contributed by atoms with Crippen molar-refractivity contribution >= 4 is 5.91 Å².